The first-order valence-electron chi connectivity index (χ1n) is 8.48. The molecule has 3 aromatic rings. The quantitative estimate of drug-likeness (QED) is 0.484. The van der Waals surface area contributed by atoms with E-state index in [1.807, 2.05) is 0 Å². The molecule has 0 bridgehead atoms. The maximum absolute atomic E-state index is 14.6. The predicted octanol–water partition coefficient (Wildman–Crippen LogP) is 4.12. The Morgan fingerprint density at radius 1 is 1.21 bits per heavy atom. The average molecular weight is 393 g/mol. The minimum atomic E-state index is -3.18. The van der Waals surface area contributed by atoms with Crippen LogP contribution in [0.3, 0.4) is 0 Å². The highest BCUT2D eigenvalue weighted by Crippen LogP contribution is 2.41. The number of anilines is 1. The molecule has 28 heavy (non-hydrogen) atoms. The summed E-state index contributed by atoms with van der Waals surface area (Å²) in [6, 6.07) is 4.98. The number of benzene rings is 1. The van der Waals surface area contributed by atoms with Crippen molar-refractivity contribution in [2.24, 2.45) is 0 Å². The number of carbonyl (C=O) groups excluding carboxylic acids is 1. The number of fused-ring (bicyclic) bond motifs is 1. The van der Waals surface area contributed by atoms with Crippen molar-refractivity contribution in [2.45, 2.75) is 25.3 Å². The van der Waals surface area contributed by atoms with Gasteiger partial charge in [0.05, 0.1) is 12.5 Å². The van der Waals surface area contributed by atoms with Gasteiger partial charge in [0.25, 0.3) is 5.92 Å². The van der Waals surface area contributed by atoms with Gasteiger partial charge in [-0.25, -0.2) is 18.2 Å². The van der Waals surface area contributed by atoms with Crippen LogP contribution < -0.4 is 9.64 Å². The summed E-state index contributed by atoms with van der Waals surface area (Å²) in [5.74, 6) is -6.60. The molecule has 5 nitrogen and oxygen atoms in total. The van der Waals surface area contributed by atoms with Gasteiger partial charge in [0.2, 0.25) is 11.7 Å². The van der Waals surface area contributed by atoms with E-state index in [0.29, 0.717) is 18.3 Å². The highest BCUT2D eigenvalue weighted by molar-refractivity contribution is 6.01. The highest BCUT2D eigenvalue weighted by atomic mass is 19.3. The van der Waals surface area contributed by atoms with Crippen molar-refractivity contribution in [3.63, 3.8) is 0 Å². The number of amides is 1. The summed E-state index contributed by atoms with van der Waals surface area (Å²) in [5.41, 5.74) is 1.06. The zero-order valence-electron chi connectivity index (χ0n) is 14.7. The normalized spacial score (nSPS) is 17.1. The molecule has 1 atom stereocenters. The van der Waals surface area contributed by atoms with Crippen LogP contribution in [-0.2, 0) is 4.79 Å². The minimum Gasteiger partial charge on any atom is -0.484 e. The lowest BCUT2D eigenvalue weighted by molar-refractivity contribution is -0.124. The fourth-order valence-corrected chi connectivity index (χ4v) is 3.16. The van der Waals surface area contributed by atoms with E-state index in [4.69, 9.17) is 0 Å². The van der Waals surface area contributed by atoms with Crippen molar-refractivity contribution < 1.29 is 27.1 Å². The molecule has 0 radical (unpaired) electrons. The summed E-state index contributed by atoms with van der Waals surface area (Å²) in [7, 11) is 0. The second kappa shape index (κ2) is 6.50. The maximum Gasteiger partial charge on any atom is 0.278 e. The van der Waals surface area contributed by atoms with Crippen molar-refractivity contribution >= 4 is 17.2 Å². The van der Waals surface area contributed by atoms with E-state index in [1.165, 1.54) is 11.0 Å². The van der Waals surface area contributed by atoms with E-state index in [9.17, 15) is 22.4 Å². The number of β-lactam (4-membered cyclic amide) rings is 1. The molecule has 0 unspecified atom stereocenters. The van der Waals surface area contributed by atoms with Gasteiger partial charge in [-0.2, -0.15) is 4.39 Å². The molecule has 0 spiro atoms. The van der Waals surface area contributed by atoms with Crippen molar-refractivity contribution in [1.29, 1.82) is 0 Å². The number of nitrogens with zero attached hydrogens (tertiary/aromatic N) is 3. The first kappa shape index (κ1) is 18.3. The van der Waals surface area contributed by atoms with E-state index >= 15 is 0 Å². The molecule has 1 aliphatic heterocycles. The Morgan fingerprint density at radius 3 is 2.71 bits per heavy atom. The maximum atomic E-state index is 14.6. The number of pyridine rings is 1. The molecule has 4 rings (SSSR count). The van der Waals surface area contributed by atoms with E-state index in [2.05, 4.69) is 9.72 Å². The topological polar surface area (TPSA) is 46.8 Å². The standard InChI is InChI=1S/C19H15F4N3O2/c1-19(22,23)10-28-14-3-2-12(17(20)18(14)21)13-9-16(27)26(13)11-4-6-25-7-5-24-15(25)8-11/h2-8,13H,9-10H2,1H3/t13-/m1/s1. The molecule has 3 heterocycles. The number of alkyl halides is 2. The Morgan fingerprint density at radius 2 is 2.00 bits per heavy atom. The van der Waals surface area contributed by atoms with Gasteiger partial charge in [0, 0.05) is 42.8 Å². The third kappa shape index (κ3) is 3.17. The molecule has 0 saturated carbocycles. The molecule has 1 aliphatic rings. The SMILES string of the molecule is CC(F)(F)COc1ccc([C@H]2CC(=O)N2c2ccn3ccnc3c2)c(F)c1F. The lowest BCUT2D eigenvalue weighted by Crippen LogP contribution is -2.47. The van der Waals surface area contributed by atoms with Gasteiger partial charge in [0.1, 0.15) is 5.65 Å². The van der Waals surface area contributed by atoms with Crippen molar-refractivity contribution in [2.75, 3.05) is 11.5 Å². The van der Waals surface area contributed by atoms with Crippen LogP contribution in [0.5, 0.6) is 5.75 Å². The molecular weight excluding hydrogens is 378 g/mol. The number of ether oxygens (including phenoxy) is 1. The zero-order valence-corrected chi connectivity index (χ0v) is 14.7. The number of hydrogen-bond donors (Lipinski definition) is 0. The van der Waals surface area contributed by atoms with Gasteiger partial charge < -0.3 is 14.0 Å². The average Bonchev–Trinajstić information content (AvgIpc) is 3.08. The smallest absolute Gasteiger partial charge is 0.278 e. The van der Waals surface area contributed by atoms with Crippen molar-refractivity contribution in [3.05, 3.63) is 60.1 Å². The Kier molecular flexibility index (Phi) is 4.24. The van der Waals surface area contributed by atoms with Gasteiger partial charge in [-0.3, -0.25) is 4.79 Å². The second-order valence-electron chi connectivity index (χ2n) is 6.70. The van der Waals surface area contributed by atoms with Crippen LogP contribution in [0.25, 0.3) is 5.65 Å². The first-order valence-corrected chi connectivity index (χ1v) is 8.48. The number of rotatable bonds is 5. The number of aromatic nitrogens is 2. The van der Waals surface area contributed by atoms with Gasteiger partial charge in [-0.05, 0) is 12.1 Å². The van der Waals surface area contributed by atoms with Crippen molar-refractivity contribution in [3.8, 4) is 5.75 Å². The van der Waals surface area contributed by atoms with Crippen LogP contribution in [0.15, 0.2) is 42.9 Å². The number of imidazole rings is 1. The van der Waals surface area contributed by atoms with Crippen LogP contribution in [0.4, 0.5) is 23.2 Å². The van der Waals surface area contributed by atoms with Crippen LogP contribution in [0.1, 0.15) is 24.9 Å². The predicted molar refractivity (Wildman–Crippen MR) is 92.5 cm³/mol. The molecule has 1 saturated heterocycles. The summed E-state index contributed by atoms with van der Waals surface area (Å²) in [6.07, 6.45) is 5.05. The lowest BCUT2D eigenvalue weighted by atomic mass is 9.92. The minimum absolute atomic E-state index is 0.00319. The van der Waals surface area contributed by atoms with Gasteiger partial charge in [-0.1, -0.05) is 6.07 Å². The van der Waals surface area contributed by atoms with E-state index in [-0.39, 0.29) is 17.9 Å². The summed E-state index contributed by atoms with van der Waals surface area (Å²) < 4.78 is 61.1. The Balaban J connectivity index is 1.63. The second-order valence-corrected chi connectivity index (χ2v) is 6.70. The van der Waals surface area contributed by atoms with Gasteiger partial charge in [-0.15, -0.1) is 0 Å². The number of halogens is 4. The molecule has 1 fully saturated rings. The lowest BCUT2D eigenvalue weighted by Gasteiger charge is -2.40. The molecule has 1 amide bonds. The fraction of sp³-hybridized carbons (Fsp3) is 0.263. The monoisotopic (exact) mass is 393 g/mol. The van der Waals surface area contributed by atoms with Crippen LogP contribution in [0, 0.1) is 11.6 Å². The Labute approximate surface area is 157 Å². The summed E-state index contributed by atoms with van der Waals surface area (Å²) >= 11 is 0. The molecular formula is C19H15F4N3O2. The Bertz CT molecular complexity index is 1060. The van der Waals surface area contributed by atoms with E-state index < -0.39 is 36.0 Å². The van der Waals surface area contributed by atoms with Crippen LogP contribution in [-0.4, -0.2) is 27.8 Å². The number of carbonyl (C=O) groups is 1. The molecule has 0 aliphatic carbocycles. The molecule has 146 valence electrons. The summed E-state index contributed by atoms with van der Waals surface area (Å²) in [4.78, 5) is 17.6. The molecule has 2 aromatic heterocycles. The van der Waals surface area contributed by atoms with Gasteiger partial charge in [0.15, 0.2) is 18.2 Å². The Hall–Kier alpha value is -3.10. The van der Waals surface area contributed by atoms with E-state index in [0.717, 1.165) is 6.07 Å². The van der Waals surface area contributed by atoms with Crippen LogP contribution in [0.2, 0.25) is 0 Å². The number of hydrogen-bond acceptors (Lipinski definition) is 3. The largest absolute Gasteiger partial charge is 0.484 e. The van der Waals surface area contributed by atoms with E-state index in [1.54, 1.807) is 35.1 Å². The third-order valence-electron chi connectivity index (χ3n) is 4.52. The zero-order chi connectivity index (χ0) is 20.1. The summed E-state index contributed by atoms with van der Waals surface area (Å²) in [6.45, 7) is -0.453. The molecule has 1 aromatic carbocycles. The molecule has 9 heteroatoms. The molecule has 0 N–H and O–H groups in total. The highest BCUT2D eigenvalue weighted by Gasteiger charge is 2.40. The van der Waals surface area contributed by atoms with Crippen LogP contribution >= 0.6 is 0 Å². The van der Waals surface area contributed by atoms with Gasteiger partial charge >= 0.3 is 0 Å². The van der Waals surface area contributed by atoms with Crippen molar-refractivity contribution in [1.82, 2.24) is 9.38 Å². The third-order valence-corrected chi connectivity index (χ3v) is 4.52. The summed E-state index contributed by atoms with van der Waals surface area (Å²) in [5, 5.41) is 0. The fourth-order valence-electron chi connectivity index (χ4n) is 3.16. The first-order chi connectivity index (χ1) is 13.2.